The molecule has 1 aliphatic carbocycles. The summed E-state index contributed by atoms with van der Waals surface area (Å²) in [4.78, 5) is 0. The molecule has 3 heteroatoms. The Kier molecular flexibility index (Phi) is 3.41. The fourth-order valence-corrected chi connectivity index (χ4v) is 3.16. The van der Waals surface area contributed by atoms with Gasteiger partial charge in [-0.25, -0.2) is 4.39 Å². The van der Waals surface area contributed by atoms with Gasteiger partial charge in [-0.3, -0.25) is 0 Å². The van der Waals surface area contributed by atoms with Gasteiger partial charge in [0, 0.05) is 0 Å². The Morgan fingerprint density at radius 2 is 2.11 bits per heavy atom. The van der Waals surface area contributed by atoms with Gasteiger partial charge >= 0.3 is 0 Å². The van der Waals surface area contributed by atoms with Gasteiger partial charge in [0.2, 0.25) is 0 Å². The lowest BCUT2D eigenvalue weighted by Crippen LogP contribution is -2.43. The minimum Gasteiger partial charge on any atom is -0.383 e. The van der Waals surface area contributed by atoms with Crippen LogP contribution in [0.2, 0.25) is 0 Å². The van der Waals surface area contributed by atoms with Crippen molar-refractivity contribution in [2.75, 3.05) is 0 Å². The molecule has 1 N–H and O–H groups in total. The van der Waals surface area contributed by atoms with Crippen molar-refractivity contribution in [1.82, 2.24) is 0 Å². The van der Waals surface area contributed by atoms with E-state index in [-0.39, 0.29) is 5.82 Å². The topological polar surface area (TPSA) is 44.0 Å². The van der Waals surface area contributed by atoms with Gasteiger partial charge < -0.3 is 5.11 Å². The Balaban J connectivity index is 2.51. The van der Waals surface area contributed by atoms with E-state index in [2.05, 4.69) is 6.07 Å². The highest BCUT2D eigenvalue weighted by Gasteiger charge is 2.52. The molecule has 0 radical (unpaired) electrons. The van der Waals surface area contributed by atoms with E-state index in [0.717, 1.165) is 12.8 Å². The van der Waals surface area contributed by atoms with E-state index in [1.54, 1.807) is 12.1 Å². The molecule has 2 nitrogen and oxygen atoms in total. The number of hydrogen-bond donors (Lipinski definition) is 1. The Labute approximate surface area is 107 Å². The minimum absolute atomic E-state index is 0.370. The van der Waals surface area contributed by atoms with E-state index in [4.69, 9.17) is 0 Å². The quantitative estimate of drug-likeness (QED) is 0.888. The van der Waals surface area contributed by atoms with Gasteiger partial charge in [0.05, 0.1) is 11.5 Å². The zero-order valence-electron chi connectivity index (χ0n) is 10.6. The van der Waals surface area contributed by atoms with Crippen LogP contribution in [0, 0.1) is 22.6 Å². The van der Waals surface area contributed by atoms with Crippen LogP contribution in [0.1, 0.15) is 44.6 Å². The average molecular weight is 247 g/mol. The maximum Gasteiger partial charge on any atom is 0.123 e. The lowest BCUT2D eigenvalue weighted by molar-refractivity contribution is -0.0629. The summed E-state index contributed by atoms with van der Waals surface area (Å²) < 4.78 is 13.4. The van der Waals surface area contributed by atoms with Gasteiger partial charge in [-0.15, -0.1) is 0 Å². The molecule has 1 fully saturated rings. The smallest absolute Gasteiger partial charge is 0.123 e. The molecule has 0 spiro atoms. The highest BCUT2D eigenvalue weighted by atomic mass is 19.1. The molecule has 1 saturated carbocycles. The van der Waals surface area contributed by atoms with E-state index in [1.165, 1.54) is 12.1 Å². The normalized spacial score (nSPS) is 21.2. The van der Waals surface area contributed by atoms with E-state index in [0.29, 0.717) is 24.8 Å². The number of hydrogen-bond acceptors (Lipinski definition) is 2. The van der Waals surface area contributed by atoms with Crippen LogP contribution in [0.3, 0.4) is 0 Å². The Morgan fingerprint density at radius 3 is 2.61 bits per heavy atom. The van der Waals surface area contributed by atoms with E-state index in [1.807, 2.05) is 6.92 Å². The molecule has 1 aromatic carbocycles. The van der Waals surface area contributed by atoms with Crippen LogP contribution in [0.5, 0.6) is 0 Å². The summed E-state index contributed by atoms with van der Waals surface area (Å²) in [5.74, 6) is -0.370. The number of nitrogens with zero attached hydrogens (tertiary/aromatic N) is 1. The Morgan fingerprint density at radius 1 is 1.44 bits per heavy atom. The first-order chi connectivity index (χ1) is 8.58. The van der Waals surface area contributed by atoms with Crippen LogP contribution in [0.4, 0.5) is 4.39 Å². The maximum atomic E-state index is 13.4. The Hall–Kier alpha value is -1.40. The van der Waals surface area contributed by atoms with Gasteiger partial charge in [0.25, 0.3) is 0 Å². The highest BCUT2D eigenvalue weighted by molar-refractivity contribution is 5.30. The highest BCUT2D eigenvalue weighted by Crippen LogP contribution is 2.52. The molecular weight excluding hydrogens is 229 g/mol. The third-order valence-electron chi connectivity index (χ3n) is 4.28. The monoisotopic (exact) mass is 247 g/mol. The third kappa shape index (κ3) is 1.81. The largest absolute Gasteiger partial charge is 0.383 e. The molecule has 1 atom stereocenters. The molecule has 0 saturated heterocycles. The summed E-state index contributed by atoms with van der Waals surface area (Å²) in [6.07, 6.45) is 3.69. The summed E-state index contributed by atoms with van der Waals surface area (Å²) in [5.41, 5.74) is -1.50. The first kappa shape index (κ1) is 13.0. The fraction of sp³-hybridized carbons (Fsp3) is 0.533. The first-order valence-electron chi connectivity index (χ1n) is 6.48. The summed E-state index contributed by atoms with van der Waals surface area (Å²) in [6, 6.07) is 8.32. The maximum absolute atomic E-state index is 13.4. The van der Waals surface area contributed by atoms with E-state index < -0.39 is 11.0 Å². The molecule has 1 unspecified atom stereocenters. The van der Waals surface area contributed by atoms with Gasteiger partial charge in [-0.1, -0.05) is 31.9 Å². The van der Waals surface area contributed by atoms with Crippen molar-refractivity contribution in [3.8, 4) is 6.07 Å². The number of benzene rings is 1. The van der Waals surface area contributed by atoms with Crippen molar-refractivity contribution < 1.29 is 9.50 Å². The first-order valence-corrected chi connectivity index (χ1v) is 6.48. The Bertz CT molecular complexity index is 474. The molecule has 1 aromatic rings. The molecule has 2 rings (SSSR count). The lowest BCUT2D eigenvalue weighted by Gasteiger charge is -2.40. The fourth-order valence-electron chi connectivity index (χ4n) is 3.16. The van der Waals surface area contributed by atoms with Crippen molar-refractivity contribution >= 4 is 0 Å². The number of aliphatic hydroxyl groups is 1. The standard InChI is InChI=1S/C15H18FNO/c1-2-15(18,12-6-5-7-13(16)10-12)14(11-17)8-3-4-9-14/h5-7,10,18H,2-4,8-9H2,1H3. The predicted molar refractivity (Wildman–Crippen MR) is 67.1 cm³/mol. The van der Waals surface area contributed by atoms with E-state index in [9.17, 15) is 14.8 Å². The number of halogens is 1. The molecule has 1 aliphatic rings. The summed E-state index contributed by atoms with van der Waals surface area (Å²) in [5, 5.41) is 20.5. The van der Waals surface area contributed by atoms with Gasteiger partial charge in [0.15, 0.2) is 0 Å². The number of nitriles is 1. The molecule has 0 aromatic heterocycles. The average Bonchev–Trinajstić information content (AvgIpc) is 2.88. The SMILES string of the molecule is CCC(O)(c1cccc(F)c1)C1(C#N)CCCC1. The van der Waals surface area contributed by atoms with E-state index >= 15 is 0 Å². The van der Waals surface area contributed by atoms with Crippen LogP contribution >= 0.6 is 0 Å². The van der Waals surface area contributed by atoms with Crippen molar-refractivity contribution in [3.63, 3.8) is 0 Å². The second-order valence-corrected chi connectivity index (χ2v) is 5.13. The van der Waals surface area contributed by atoms with Crippen molar-refractivity contribution in [1.29, 1.82) is 5.26 Å². The van der Waals surface area contributed by atoms with Crippen LogP contribution in [-0.2, 0) is 5.60 Å². The number of rotatable bonds is 3. The molecule has 0 heterocycles. The summed E-state index contributed by atoms with van der Waals surface area (Å²) >= 11 is 0. The summed E-state index contributed by atoms with van der Waals surface area (Å²) in [7, 11) is 0. The van der Waals surface area contributed by atoms with Crippen LogP contribution < -0.4 is 0 Å². The molecule has 0 aliphatic heterocycles. The zero-order valence-corrected chi connectivity index (χ0v) is 10.6. The predicted octanol–water partition coefficient (Wildman–Crippen LogP) is 3.51. The second-order valence-electron chi connectivity index (χ2n) is 5.13. The molecular formula is C15H18FNO. The van der Waals surface area contributed by atoms with Crippen LogP contribution in [-0.4, -0.2) is 5.11 Å². The lowest BCUT2D eigenvalue weighted by atomic mass is 9.66. The van der Waals surface area contributed by atoms with Crippen LogP contribution in [0.15, 0.2) is 24.3 Å². The molecule has 0 amide bonds. The van der Waals surface area contributed by atoms with Crippen molar-refractivity contribution in [2.24, 2.45) is 5.41 Å². The van der Waals surface area contributed by atoms with Crippen molar-refractivity contribution in [3.05, 3.63) is 35.6 Å². The molecule has 96 valence electrons. The van der Waals surface area contributed by atoms with Gasteiger partial charge in [-0.2, -0.15) is 5.26 Å². The zero-order chi connectivity index (χ0) is 13.2. The minimum atomic E-state index is -1.25. The third-order valence-corrected chi connectivity index (χ3v) is 4.28. The molecule has 18 heavy (non-hydrogen) atoms. The second kappa shape index (κ2) is 4.70. The summed E-state index contributed by atoms with van der Waals surface area (Å²) in [6.45, 7) is 1.85. The molecule has 0 bridgehead atoms. The van der Waals surface area contributed by atoms with Crippen LogP contribution in [0.25, 0.3) is 0 Å². The van der Waals surface area contributed by atoms with Crippen molar-refractivity contribution in [2.45, 2.75) is 44.6 Å². The van der Waals surface area contributed by atoms with Gasteiger partial charge in [0.1, 0.15) is 11.4 Å². The van der Waals surface area contributed by atoms with Gasteiger partial charge in [-0.05, 0) is 37.0 Å².